The van der Waals surface area contributed by atoms with E-state index in [0.29, 0.717) is 30.5 Å². The lowest BCUT2D eigenvalue weighted by molar-refractivity contribution is -0.120. The molecule has 1 fully saturated rings. The average molecular weight is 468 g/mol. The summed E-state index contributed by atoms with van der Waals surface area (Å²) in [5.41, 5.74) is 2.67. The quantitative estimate of drug-likeness (QED) is 0.332. The Morgan fingerprint density at radius 2 is 1.94 bits per heavy atom. The predicted octanol–water partition coefficient (Wildman–Crippen LogP) is 6.23. The van der Waals surface area contributed by atoms with Crippen molar-refractivity contribution < 1.29 is 9.53 Å². The Kier molecular flexibility index (Phi) is 8.05. The molecule has 5 nitrogen and oxygen atoms in total. The summed E-state index contributed by atoms with van der Waals surface area (Å²) in [6, 6.07) is 13.6. The van der Waals surface area contributed by atoms with Crippen molar-refractivity contribution in [2.45, 2.75) is 52.5 Å². The zero-order chi connectivity index (χ0) is 23.2. The lowest BCUT2D eigenvalue weighted by atomic mass is 10.1. The molecule has 4 rings (SSSR count). The van der Waals surface area contributed by atoms with Crippen LogP contribution in [0.4, 0.5) is 0 Å². The van der Waals surface area contributed by atoms with Crippen molar-refractivity contribution in [3.8, 4) is 17.1 Å². The fourth-order valence-corrected chi connectivity index (χ4v) is 4.76. The number of Topliss-reactive ketones (excluding diaryl/α,β-unsaturated/α-hetero) is 1. The smallest absolute Gasteiger partial charge is 0.152 e. The summed E-state index contributed by atoms with van der Waals surface area (Å²) in [5.74, 6) is 2.10. The van der Waals surface area contributed by atoms with Gasteiger partial charge in [-0.2, -0.15) is 0 Å². The first-order chi connectivity index (χ1) is 16.0. The molecule has 176 valence electrons. The highest BCUT2D eigenvalue weighted by Gasteiger charge is 2.17. The molecule has 1 aromatic heterocycles. The van der Waals surface area contributed by atoms with E-state index in [2.05, 4.69) is 18.7 Å². The number of nitrogens with zero attached hydrogens (tertiary/aromatic N) is 3. The Hall–Kier alpha value is -2.37. The van der Waals surface area contributed by atoms with Crippen LogP contribution in [-0.4, -0.2) is 46.5 Å². The second-order valence-electron chi connectivity index (χ2n) is 9.42. The number of fused-ring (bicyclic) bond motifs is 1. The number of ketones is 1. The molecular weight excluding hydrogens is 434 g/mol. The van der Waals surface area contributed by atoms with Crippen LogP contribution in [0.2, 0.25) is 5.02 Å². The number of ether oxygens (including phenoxy) is 1. The van der Waals surface area contributed by atoms with Gasteiger partial charge in [0.25, 0.3) is 0 Å². The molecule has 0 amide bonds. The number of benzene rings is 2. The third-order valence-corrected chi connectivity index (χ3v) is 6.34. The average Bonchev–Trinajstić information content (AvgIpc) is 3.14. The Balaban J connectivity index is 1.52. The van der Waals surface area contributed by atoms with Crippen LogP contribution in [0.5, 0.6) is 5.75 Å². The summed E-state index contributed by atoms with van der Waals surface area (Å²) < 4.78 is 8.05. The van der Waals surface area contributed by atoms with E-state index in [9.17, 15) is 4.79 Å². The van der Waals surface area contributed by atoms with Gasteiger partial charge in [0, 0.05) is 29.6 Å². The molecule has 0 N–H and O–H groups in total. The van der Waals surface area contributed by atoms with Crippen molar-refractivity contribution in [2.75, 3.05) is 26.2 Å². The third kappa shape index (κ3) is 6.36. The van der Waals surface area contributed by atoms with Gasteiger partial charge in [-0.1, -0.05) is 44.0 Å². The lowest BCUT2D eigenvalue weighted by Crippen LogP contribution is -2.31. The number of carbonyl (C=O) groups is 1. The van der Waals surface area contributed by atoms with E-state index in [1.165, 1.54) is 32.4 Å². The third-order valence-electron chi connectivity index (χ3n) is 6.11. The summed E-state index contributed by atoms with van der Waals surface area (Å²) in [5, 5.41) is 0.650. The Bertz CT molecular complexity index is 1090. The number of carbonyl (C=O) groups excluding carboxylic acids is 1. The molecule has 0 unspecified atom stereocenters. The topological polar surface area (TPSA) is 47.4 Å². The van der Waals surface area contributed by atoms with E-state index in [-0.39, 0.29) is 5.78 Å². The SMILES string of the molecule is CC(C)CC(=O)Cn1c(-c2cccc(Cl)c2)nc2cc(OCCCN3CCCCC3)ccc21. The maximum atomic E-state index is 12.7. The standard InChI is InChI=1S/C27H34ClN3O2/c1-20(2)16-23(32)19-31-26-11-10-24(33-15-7-14-30-12-4-3-5-13-30)18-25(26)29-27(31)21-8-6-9-22(28)17-21/h6,8-11,17-18,20H,3-5,7,12-16,19H2,1-2H3. The molecule has 6 heteroatoms. The van der Waals surface area contributed by atoms with Gasteiger partial charge in [0.2, 0.25) is 0 Å². The van der Waals surface area contributed by atoms with Gasteiger partial charge in [-0.3, -0.25) is 4.79 Å². The minimum atomic E-state index is 0.200. The molecule has 0 aliphatic carbocycles. The van der Waals surface area contributed by atoms with Gasteiger partial charge in [-0.15, -0.1) is 0 Å². The molecule has 2 heterocycles. The molecule has 0 radical (unpaired) electrons. The van der Waals surface area contributed by atoms with Gasteiger partial charge >= 0.3 is 0 Å². The maximum Gasteiger partial charge on any atom is 0.152 e. The molecule has 0 bridgehead atoms. The Labute approximate surface area is 201 Å². The number of halogens is 1. The number of piperidine rings is 1. The molecule has 1 aliphatic rings. The van der Waals surface area contributed by atoms with Crippen LogP contribution in [-0.2, 0) is 11.3 Å². The van der Waals surface area contributed by atoms with Crippen molar-refractivity contribution in [1.82, 2.24) is 14.5 Å². The van der Waals surface area contributed by atoms with Crippen molar-refractivity contribution in [1.29, 1.82) is 0 Å². The second-order valence-corrected chi connectivity index (χ2v) is 9.86. The number of imidazole rings is 1. The predicted molar refractivity (Wildman–Crippen MR) is 135 cm³/mol. The number of likely N-dealkylation sites (tertiary alicyclic amines) is 1. The molecule has 0 spiro atoms. The first kappa shape index (κ1) is 23.8. The van der Waals surface area contributed by atoms with Gasteiger partial charge in [0.05, 0.1) is 24.2 Å². The summed E-state index contributed by atoms with van der Waals surface area (Å²) in [7, 11) is 0. The van der Waals surface area contributed by atoms with Gasteiger partial charge in [0.15, 0.2) is 5.78 Å². The molecule has 2 aromatic carbocycles. The van der Waals surface area contributed by atoms with Crippen molar-refractivity contribution in [3.63, 3.8) is 0 Å². The lowest BCUT2D eigenvalue weighted by Gasteiger charge is -2.26. The van der Waals surface area contributed by atoms with Gasteiger partial charge in [0.1, 0.15) is 11.6 Å². The highest BCUT2D eigenvalue weighted by molar-refractivity contribution is 6.30. The van der Waals surface area contributed by atoms with E-state index in [0.717, 1.165) is 41.1 Å². The van der Waals surface area contributed by atoms with Crippen LogP contribution in [0.3, 0.4) is 0 Å². The van der Waals surface area contributed by atoms with Crippen LogP contribution in [0.25, 0.3) is 22.4 Å². The molecule has 1 aliphatic heterocycles. The monoisotopic (exact) mass is 467 g/mol. The second kappa shape index (κ2) is 11.2. The van der Waals surface area contributed by atoms with E-state index in [4.69, 9.17) is 21.3 Å². The summed E-state index contributed by atoms with van der Waals surface area (Å²) >= 11 is 6.25. The van der Waals surface area contributed by atoms with E-state index in [1.54, 1.807) is 0 Å². The summed E-state index contributed by atoms with van der Waals surface area (Å²) in [4.78, 5) is 20.1. The highest BCUT2D eigenvalue weighted by atomic mass is 35.5. The van der Waals surface area contributed by atoms with Crippen LogP contribution < -0.4 is 4.74 Å². The highest BCUT2D eigenvalue weighted by Crippen LogP contribution is 2.29. The molecule has 3 aromatic rings. The largest absolute Gasteiger partial charge is 0.493 e. The Morgan fingerprint density at radius 3 is 2.70 bits per heavy atom. The van der Waals surface area contributed by atoms with Crippen molar-refractivity contribution >= 4 is 28.4 Å². The van der Waals surface area contributed by atoms with Crippen LogP contribution in [0, 0.1) is 5.92 Å². The Morgan fingerprint density at radius 1 is 1.12 bits per heavy atom. The van der Waals surface area contributed by atoms with E-state index >= 15 is 0 Å². The van der Waals surface area contributed by atoms with Crippen molar-refractivity contribution in [3.05, 3.63) is 47.5 Å². The van der Waals surface area contributed by atoms with E-state index < -0.39 is 0 Å². The summed E-state index contributed by atoms with van der Waals surface area (Å²) in [6.07, 6.45) is 5.56. The number of hydrogen-bond donors (Lipinski definition) is 0. The maximum absolute atomic E-state index is 12.7. The van der Waals surface area contributed by atoms with Gasteiger partial charge < -0.3 is 14.2 Å². The number of hydrogen-bond acceptors (Lipinski definition) is 4. The molecular formula is C27H34ClN3O2. The first-order valence-corrected chi connectivity index (χ1v) is 12.5. The minimum absolute atomic E-state index is 0.200. The van der Waals surface area contributed by atoms with E-state index in [1.807, 2.05) is 47.0 Å². The fraction of sp³-hybridized carbons (Fsp3) is 0.481. The van der Waals surface area contributed by atoms with Crippen LogP contribution in [0.1, 0.15) is 46.0 Å². The zero-order valence-electron chi connectivity index (χ0n) is 19.7. The number of aromatic nitrogens is 2. The first-order valence-electron chi connectivity index (χ1n) is 12.1. The number of rotatable bonds is 10. The zero-order valence-corrected chi connectivity index (χ0v) is 20.5. The molecule has 33 heavy (non-hydrogen) atoms. The molecule has 0 atom stereocenters. The molecule has 0 saturated carbocycles. The molecule has 1 saturated heterocycles. The van der Waals surface area contributed by atoms with Crippen LogP contribution >= 0.6 is 11.6 Å². The van der Waals surface area contributed by atoms with Gasteiger partial charge in [-0.25, -0.2) is 4.98 Å². The van der Waals surface area contributed by atoms with Gasteiger partial charge in [-0.05, 0) is 62.5 Å². The fourth-order valence-electron chi connectivity index (χ4n) is 4.56. The minimum Gasteiger partial charge on any atom is -0.493 e. The van der Waals surface area contributed by atoms with Crippen LogP contribution in [0.15, 0.2) is 42.5 Å². The van der Waals surface area contributed by atoms with Crippen molar-refractivity contribution in [2.24, 2.45) is 5.92 Å². The normalized spacial score (nSPS) is 14.8. The summed E-state index contributed by atoms with van der Waals surface area (Å²) in [6.45, 7) is 8.64.